The molecule has 0 radical (unpaired) electrons. The van der Waals surface area contributed by atoms with Crippen LogP contribution in [0.25, 0.3) is 0 Å². The van der Waals surface area contributed by atoms with Gasteiger partial charge in [0.25, 0.3) is 0 Å². The van der Waals surface area contributed by atoms with E-state index in [2.05, 4.69) is 22.3 Å². The summed E-state index contributed by atoms with van der Waals surface area (Å²) in [6.45, 7) is 8.82. The molecule has 0 bridgehead atoms. The summed E-state index contributed by atoms with van der Waals surface area (Å²) >= 11 is 0. The fraction of sp³-hybridized carbons (Fsp3) is 0.621. The summed E-state index contributed by atoms with van der Waals surface area (Å²) in [7, 11) is 1.21. The van der Waals surface area contributed by atoms with Gasteiger partial charge in [0.1, 0.15) is 24.2 Å². The molecule has 4 amide bonds. The Morgan fingerprint density at radius 3 is 2.25 bits per heavy atom. The molecular formula is C29H46N4O7. The van der Waals surface area contributed by atoms with Crippen molar-refractivity contribution in [3.63, 3.8) is 0 Å². The number of nitrogens with two attached hydrogens (primary N) is 1. The zero-order chi connectivity index (χ0) is 30.3. The first kappa shape index (κ1) is 34.4. The summed E-state index contributed by atoms with van der Waals surface area (Å²) in [5.74, 6) is -2.42. The number of primary amides is 1. The fourth-order valence-electron chi connectivity index (χ4n) is 4.12. The fourth-order valence-corrected chi connectivity index (χ4v) is 4.12. The highest BCUT2D eigenvalue weighted by atomic mass is 16.6. The maximum Gasteiger partial charge on any atom is 0.408 e. The van der Waals surface area contributed by atoms with Crippen LogP contribution in [-0.2, 0) is 28.7 Å². The molecule has 11 heteroatoms. The maximum absolute atomic E-state index is 14.1. The third-order valence-corrected chi connectivity index (χ3v) is 6.13. The third kappa shape index (κ3) is 12.5. The molecule has 0 aliphatic heterocycles. The molecule has 0 aliphatic rings. The van der Waals surface area contributed by atoms with Crippen LogP contribution < -0.4 is 16.4 Å². The molecule has 2 atom stereocenters. The Labute approximate surface area is 237 Å². The lowest BCUT2D eigenvalue weighted by atomic mass is 9.97. The van der Waals surface area contributed by atoms with Gasteiger partial charge in [-0.1, -0.05) is 56.9 Å². The summed E-state index contributed by atoms with van der Waals surface area (Å²) in [6, 6.07) is 4.85. The first-order valence-electron chi connectivity index (χ1n) is 13.8. The third-order valence-electron chi connectivity index (χ3n) is 6.13. The molecule has 0 heterocycles. The van der Waals surface area contributed by atoms with E-state index in [1.165, 1.54) is 12.0 Å². The van der Waals surface area contributed by atoms with Gasteiger partial charge in [-0.25, -0.2) is 4.79 Å². The molecule has 2 unspecified atom stereocenters. The largest absolute Gasteiger partial charge is 0.468 e. The van der Waals surface area contributed by atoms with Crippen molar-refractivity contribution in [1.29, 1.82) is 0 Å². The van der Waals surface area contributed by atoms with Crippen LogP contribution in [0.5, 0.6) is 0 Å². The Kier molecular flexibility index (Phi) is 14.7. The van der Waals surface area contributed by atoms with E-state index in [-0.39, 0.29) is 25.9 Å². The molecule has 0 saturated carbocycles. The number of benzene rings is 1. The van der Waals surface area contributed by atoms with E-state index in [1.807, 2.05) is 19.1 Å². The quantitative estimate of drug-likeness (QED) is 0.206. The van der Waals surface area contributed by atoms with Crippen molar-refractivity contribution in [2.75, 3.05) is 20.2 Å². The average Bonchev–Trinajstić information content (AvgIpc) is 2.88. The summed E-state index contributed by atoms with van der Waals surface area (Å²) in [5, 5.41) is 5.15. The van der Waals surface area contributed by atoms with Gasteiger partial charge < -0.3 is 30.7 Å². The van der Waals surface area contributed by atoms with Crippen LogP contribution in [0.4, 0.5) is 4.79 Å². The second-order valence-electron chi connectivity index (χ2n) is 10.7. The van der Waals surface area contributed by atoms with E-state index in [4.69, 9.17) is 10.5 Å². The molecule has 40 heavy (non-hydrogen) atoms. The van der Waals surface area contributed by atoms with E-state index < -0.39 is 47.5 Å². The maximum atomic E-state index is 14.1. The normalized spacial score (nSPS) is 12.6. The predicted molar refractivity (Wildman–Crippen MR) is 151 cm³/mol. The van der Waals surface area contributed by atoms with Crippen molar-refractivity contribution in [3.05, 3.63) is 35.4 Å². The van der Waals surface area contributed by atoms with Gasteiger partial charge in [-0.3, -0.25) is 19.2 Å². The van der Waals surface area contributed by atoms with Crippen LogP contribution in [0.15, 0.2) is 24.3 Å². The highest BCUT2D eigenvalue weighted by molar-refractivity contribution is 5.93. The number of nitrogens with one attached hydrogen (secondary N) is 2. The number of unbranched alkanes of at least 4 members (excludes halogenated alkanes) is 4. The van der Waals surface area contributed by atoms with Crippen molar-refractivity contribution in [3.8, 4) is 0 Å². The lowest BCUT2D eigenvalue weighted by Crippen LogP contribution is -2.53. The van der Waals surface area contributed by atoms with Crippen LogP contribution >= 0.6 is 0 Å². The summed E-state index contributed by atoms with van der Waals surface area (Å²) < 4.78 is 10.0. The van der Waals surface area contributed by atoms with E-state index in [0.717, 1.165) is 31.2 Å². The number of amides is 4. The van der Waals surface area contributed by atoms with Gasteiger partial charge in [0.15, 0.2) is 0 Å². The first-order chi connectivity index (χ1) is 18.8. The molecule has 0 spiro atoms. The van der Waals surface area contributed by atoms with Gasteiger partial charge in [-0.2, -0.15) is 0 Å². The standard InChI is InChI=1S/C29H46N4O7/c1-7-8-9-10-13-18-33(27(37)22(16-17-23(30)34)32-28(38)40-29(3,4)5)25(21-15-12-11-14-20(21)2)26(36)31-19-24(35)39-6/h11-12,14-15,22,25H,7-10,13,16-19H2,1-6H3,(H2,30,34)(H,31,36)(H,32,38). The summed E-state index contributed by atoms with van der Waals surface area (Å²) in [6.07, 6.45) is 3.39. The zero-order valence-electron chi connectivity index (χ0n) is 24.7. The minimum absolute atomic E-state index is 0.0793. The van der Waals surface area contributed by atoms with Crippen molar-refractivity contribution < 1.29 is 33.4 Å². The molecular weight excluding hydrogens is 516 g/mol. The highest BCUT2D eigenvalue weighted by Crippen LogP contribution is 2.27. The number of alkyl carbamates (subject to hydrolysis) is 1. The lowest BCUT2D eigenvalue weighted by Gasteiger charge is -2.35. The predicted octanol–water partition coefficient (Wildman–Crippen LogP) is 3.28. The Balaban J connectivity index is 3.51. The van der Waals surface area contributed by atoms with E-state index >= 15 is 0 Å². The summed E-state index contributed by atoms with van der Waals surface area (Å²) in [5.41, 5.74) is 5.87. The monoisotopic (exact) mass is 562 g/mol. The number of esters is 1. The number of hydrogen-bond acceptors (Lipinski definition) is 7. The van der Waals surface area contributed by atoms with Gasteiger partial charge in [0.05, 0.1) is 7.11 Å². The van der Waals surface area contributed by atoms with Gasteiger partial charge in [0, 0.05) is 13.0 Å². The molecule has 0 aliphatic carbocycles. The van der Waals surface area contributed by atoms with Crippen LogP contribution in [0, 0.1) is 6.92 Å². The number of carbonyl (C=O) groups is 5. The van der Waals surface area contributed by atoms with Crippen molar-refractivity contribution in [1.82, 2.24) is 15.5 Å². The molecule has 1 rings (SSSR count). The Bertz CT molecular complexity index is 1010. The Morgan fingerprint density at radius 1 is 1.02 bits per heavy atom. The minimum atomic E-state index is -1.18. The van der Waals surface area contributed by atoms with E-state index in [1.54, 1.807) is 32.9 Å². The molecule has 0 fully saturated rings. The van der Waals surface area contributed by atoms with E-state index in [9.17, 15) is 24.0 Å². The van der Waals surface area contributed by atoms with Crippen molar-refractivity contribution in [2.45, 2.75) is 97.2 Å². The second kappa shape index (κ2) is 17.1. The Hall–Kier alpha value is -3.63. The van der Waals surface area contributed by atoms with Gasteiger partial charge >= 0.3 is 12.1 Å². The minimum Gasteiger partial charge on any atom is -0.468 e. The number of rotatable bonds is 16. The molecule has 224 valence electrons. The van der Waals surface area contributed by atoms with Gasteiger partial charge in [-0.05, 0) is 51.7 Å². The van der Waals surface area contributed by atoms with Crippen LogP contribution in [0.3, 0.4) is 0 Å². The lowest BCUT2D eigenvalue weighted by molar-refractivity contribution is -0.145. The Morgan fingerprint density at radius 2 is 1.68 bits per heavy atom. The molecule has 1 aromatic rings. The van der Waals surface area contributed by atoms with Crippen molar-refractivity contribution in [2.24, 2.45) is 5.73 Å². The topological polar surface area (TPSA) is 157 Å². The number of carbonyl (C=O) groups excluding carboxylic acids is 5. The van der Waals surface area contributed by atoms with Crippen molar-refractivity contribution >= 4 is 29.8 Å². The molecule has 1 aromatic carbocycles. The molecule has 11 nitrogen and oxygen atoms in total. The second-order valence-corrected chi connectivity index (χ2v) is 10.7. The SMILES string of the molecule is CCCCCCCN(C(=O)C(CCC(N)=O)NC(=O)OC(C)(C)C)C(C(=O)NCC(=O)OC)c1ccccc1C. The number of nitrogens with zero attached hydrogens (tertiary/aromatic N) is 1. The highest BCUT2D eigenvalue weighted by Gasteiger charge is 2.37. The number of ether oxygens (including phenoxy) is 2. The molecule has 0 aromatic heterocycles. The average molecular weight is 563 g/mol. The van der Waals surface area contributed by atoms with Gasteiger partial charge in [0.2, 0.25) is 17.7 Å². The first-order valence-corrected chi connectivity index (χ1v) is 13.8. The number of methoxy groups -OCH3 is 1. The van der Waals surface area contributed by atoms with Crippen LogP contribution in [-0.4, -0.2) is 66.5 Å². The van der Waals surface area contributed by atoms with Gasteiger partial charge in [-0.15, -0.1) is 0 Å². The smallest absolute Gasteiger partial charge is 0.408 e. The molecule has 0 saturated heterocycles. The van der Waals surface area contributed by atoms with Crippen LogP contribution in [0.2, 0.25) is 0 Å². The van der Waals surface area contributed by atoms with E-state index in [0.29, 0.717) is 12.0 Å². The molecule has 4 N–H and O–H groups in total. The number of hydrogen-bond donors (Lipinski definition) is 3. The number of aryl methyl sites for hydroxylation is 1. The zero-order valence-corrected chi connectivity index (χ0v) is 24.7. The van der Waals surface area contributed by atoms with Crippen LogP contribution in [0.1, 0.15) is 89.8 Å². The summed E-state index contributed by atoms with van der Waals surface area (Å²) in [4.78, 5) is 65.2.